The summed E-state index contributed by atoms with van der Waals surface area (Å²) in [6.45, 7) is 0. The van der Waals surface area contributed by atoms with Crippen LogP contribution >= 0.6 is 0 Å². The highest BCUT2D eigenvalue weighted by Crippen LogP contribution is 2.00. The molecule has 0 amide bonds. The summed E-state index contributed by atoms with van der Waals surface area (Å²) in [6, 6.07) is 0. The van der Waals surface area contributed by atoms with Gasteiger partial charge in [0.2, 0.25) is 0 Å². The zero-order valence-electron chi connectivity index (χ0n) is 6.22. The summed E-state index contributed by atoms with van der Waals surface area (Å²) in [6.07, 6.45) is -1.82. The van der Waals surface area contributed by atoms with Crippen LogP contribution in [0, 0.1) is 0 Å². The predicted molar refractivity (Wildman–Crippen MR) is 32.9 cm³/mol. The summed E-state index contributed by atoms with van der Waals surface area (Å²) in [5, 5.41) is 15.7. The van der Waals surface area contributed by atoms with Crippen molar-refractivity contribution in [3.8, 4) is 0 Å². The van der Waals surface area contributed by atoms with Gasteiger partial charge in [-0.3, -0.25) is 4.89 Å². The van der Waals surface area contributed by atoms with E-state index in [2.05, 4.69) is 14.5 Å². The van der Waals surface area contributed by atoms with Gasteiger partial charge in [-0.15, -0.1) is 0 Å². The Morgan fingerprint density at radius 2 is 1.92 bits per heavy atom. The third-order valence-corrected chi connectivity index (χ3v) is 1.09. The molecule has 1 unspecified atom stereocenters. The van der Waals surface area contributed by atoms with E-state index in [9.17, 15) is 9.59 Å². The second-order valence-electron chi connectivity index (χ2n) is 1.80. The highest BCUT2D eigenvalue weighted by molar-refractivity contribution is 5.81. The van der Waals surface area contributed by atoms with Gasteiger partial charge in [0.1, 0.15) is 0 Å². The van der Waals surface area contributed by atoms with E-state index in [-0.39, 0.29) is 0 Å². The molecule has 0 aromatic carbocycles. The van der Waals surface area contributed by atoms with Crippen molar-refractivity contribution in [2.75, 3.05) is 7.11 Å². The van der Waals surface area contributed by atoms with Gasteiger partial charge < -0.3 is 9.62 Å². The molecule has 7 heteroatoms. The Morgan fingerprint density at radius 1 is 1.33 bits per heavy atom. The van der Waals surface area contributed by atoms with Crippen molar-refractivity contribution in [3.05, 3.63) is 0 Å². The topological polar surface area (TPSA) is 102 Å². The average molecular weight is 180 g/mol. The molecular formula is C5H8O7. The van der Waals surface area contributed by atoms with E-state index < -0.39 is 24.5 Å². The number of hydrogen-bond donors (Lipinski definition) is 2. The summed E-state index contributed by atoms with van der Waals surface area (Å²) in [4.78, 5) is 27.4. The molecule has 1 atom stereocenters. The lowest BCUT2D eigenvalue weighted by Crippen LogP contribution is -2.27. The van der Waals surface area contributed by atoms with E-state index >= 15 is 0 Å². The van der Waals surface area contributed by atoms with Crippen molar-refractivity contribution in [1.29, 1.82) is 0 Å². The fourth-order valence-corrected chi connectivity index (χ4v) is 0.510. The van der Waals surface area contributed by atoms with Crippen molar-refractivity contribution in [2.45, 2.75) is 12.5 Å². The normalized spacial score (nSPS) is 11.9. The zero-order valence-corrected chi connectivity index (χ0v) is 6.22. The lowest BCUT2D eigenvalue weighted by molar-refractivity contribution is -0.249. The van der Waals surface area contributed by atoms with E-state index in [0.717, 1.165) is 7.11 Å². The van der Waals surface area contributed by atoms with Crippen LogP contribution in [0.4, 0.5) is 0 Å². The number of hydrogen-bond acceptors (Lipinski definition) is 7. The molecule has 0 saturated heterocycles. The van der Waals surface area contributed by atoms with Crippen LogP contribution in [0.1, 0.15) is 6.42 Å². The standard InChI is InChI=1S/C5H8O7/c1-10-3(5(7)12-9)2-4(6)11-8/h3,8-9H,2H2,1H3. The molecule has 0 aliphatic carbocycles. The smallest absolute Gasteiger partial charge is 0.369 e. The molecule has 2 N–H and O–H groups in total. The predicted octanol–water partition coefficient (Wildman–Crippen LogP) is -0.576. The number of carbonyl (C=O) groups excluding carboxylic acids is 2. The highest BCUT2D eigenvalue weighted by Gasteiger charge is 2.24. The van der Waals surface area contributed by atoms with Crippen molar-refractivity contribution in [1.82, 2.24) is 0 Å². The summed E-state index contributed by atoms with van der Waals surface area (Å²) < 4.78 is 4.43. The zero-order chi connectivity index (χ0) is 9.56. The second kappa shape index (κ2) is 5.47. The van der Waals surface area contributed by atoms with E-state index in [4.69, 9.17) is 10.5 Å². The van der Waals surface area contributed by atoms with Gasteiger partial charge in [0.25, 0.3) is 0 Å². The van der Waals surface area contributed by atoms with Gasteiger partial charge in [0, 0.05) is 7.11 Å². The molecule has 0 saturated carbocycles. The van der Waals surface area contributed by atoms with Gasteiger partial charge in [-0.1, -0.05) is 0 Å². The minimum Gasteiger partial charge on any atom is -0.369 e. The van der Waals surface area contributed by atoms with Gasteiger partial charge in [-0.2, -0.15) is 10.5 Å². The van der Waals surface area contributed by atoms with Gasteiger partial charge in [0.05, 0.1) is 6.42 Å². The Bertz CT molecular complexity index is 165. The number of methoxy groups -OCH3 is 1. The van der Waals surface area contributed by atoms with Crippen molar-refractivity contribution in [2.24, 2.45) is 0 Å². The lowest BCUT2D eigenvalue weighted by Gasteiger charge is -2.08. The maximum absolute atomic E-state index is 10.5. The molecule has 0 aromatic rings. The van der Waals surface area contributed by atoms with E-state index in [1.165, 1.54) is 0 Å². The summed E-state index contributed by atoms with van der Waals surface area (Å²) in [5.41, 5.74) is 0. The van der Waals surface area contributed by atoms with Gasteiger partial charge >= 0.3 is 11.9 Å². The van der Waals surface area contributed by atoms with Crippen LogP contribution in [0.5, 0.6) is 0 Å². The molecule has 0 radical (unpaired) electrons. The lowest BCUT2D eigenvalue weighted by atomic mass is 10.2. The first-order chi connectivity index (χ1) is 5.65. The van der Waals surface area contributed by atoms with Gasteiger partial charge in [-0.05, 0) is 0 Å². The molecule has 70 valence electrons. The SMILES string of the molecule is COC(CC(=O)OO)C(=O)OO. The molecule has 0 heterocycles. The molecule has 0 aliphatic rings. The van der Waals surface area contributed by atoms with Crippen molar-refractivity contribution < 1.29 is 34.6 Å². The molecule has 0 aliphatic heterocycles. The van der Waals surface area contributed by atoms with Crippen LogP contribution in [0.3, 0.4) is 0 Å². The quantitative estimate of drug-likeness (QED) is 0.440. The third-order valence-electron chi connectivity index (χ3n) is 1.09. The van der Waals surface area contributed by atoms with Gasteiger partial charge in [-0.25, -0.2) is 9.59 Å². The summed E-state index contributed by atoms with van der Waals surface area (Å²) >= 11 is 0. The molecule has 0 fully saturated rings. The largest absolute Gasteiger partial charge is 0.371 e. The van der Waals surface area contributed by atoms with Crippen LogP contribution in [-0.2, 0) is 24.1 Å². The maximum atomic E-state index is 10.5. The number of carbonyl (C=O) groups is 2. The number of ether oxygens (including phenoxy) is 1. The first-order valence-electron chi connectivity index (χ1n) is 2.88. The van der Waals surface area contributed by atoms with E-state index in [1.54, 1.807) is 0 Å². The fraction of sp³-hybridized carbons (Fsp3) is 0.600. The van der Waals surface area contributed by atoms with E-state index in [1.807, 2.05) is 0 Å². The molecule has 7 nitrogen and oxygen atoms in total. The molecule has 0 aromatic heterocycles. The molecule has 12 heavy (non-hydrogen) atoms. The Labute approximate surface area is 67.3 Å². The molecule has 0 bridgehead atoms. The summed E-state index contributed by atoms with van der Waals surface area (Å²) in [5.74, 6) is -2.20. The Balaban J connectivity index is 3.99. The fourth-order valence-electron chi connectivity index (χ4n) is 0.510. The molecule has 0 rings (SSSR count). The van der Waals surface area contributed by atoms with Crippen LogP contribution in [0.25, 0.3) is 0 Å². The van der Waals surface area contributed by atoms with Crippen molar-refractivity contribution >= 4 is 11.9 Å². The molecular weight excluding hydrogens is 172 g/mol. The van der Waals surface area contributed by atoms with Crippen LogP contribution < -0.4 is 0 Å². The second-order valence-corrected chi connectivity index (χ2v) is 1.80. The van der Waals surface area contributed by atoms with Crippen molar-refractivity contribution in [3.63, 3.8) is 0 Å². The first kappa shape index (κ1) is 10.8. The minimum atomic E-state index is -1.28. The summed E-state index contributed by atoms with van der Waals surface area (Å²) in [7, 11) is 1.13. The Hall–Kier alpha value is -1.18. The maximum Gasteiger partial charge on any atom is 0.371 e. The van der Waals surface area contributed by atoms with Crippen LogP contribution in [-0.4, -0.2) is 35.7 Å². The first-order valence-corrected chi connectivity index (χ1v) is 2.88. The Kier molecular flexibility index (Phi) is 4.93. The minimum absolute atomic E-state index is 0.535. The highest BCUT2D eigenvalue weighted by atomic mass is 17.1. The Morgan fingerprint density at radius 3 is 2.25 bits per heavy atom. The third kappa shape index (κ3) is 3.28. The number of rotatable bonds is 4. The van der Waals surface area contributed by atoms with Crippen LogP contribution in [0.15, 0.2) is 0 Å². The monoisotopic (exact) mass is 180 g/mol. The molecule has 0 spiro atoms. The van der Waals surface area contributed by atoms with Gasteiger partial charge in [0.15, 0.2) is 6.10 Å². The van der Waals surface area contributed by atoms with Crippen LogP contribution in [0.2, 0.25) is 0 Å². The van der Waals surface area contributed by atoms with E-state index in [0.29, 0.717) is 0 Å². The average Bonchev–Trinajstić information content (AvgIpc) is 2.12.